The number of nitrogens with two attached hydrogens (primary N) is 1. The molecule has 1 aliphatic rings. The van der Waals surface area contributed by atoms with Crippen LogP contribution in [0.1, 0.15) is 17.2 Å². The Hall–Kier alpha value is -1.35. The zero-order valence-electron chi connectivity index (χ0n) is 8.16. The van der Waals surface area contributed by atoms with Gasteiger partial charge in [-0.25, -0.2) is 0 Å². The molecule has 0 bridgehead atoms. The Morgan fingerprint density at radius 3 is 3.21 bits per heavy atom. The van der Waals surface area contributed by atoms with Crippen LogP contribution >= 0.6 is 0 Å². The number of likely N-dealkylation sites (N-methyl/N-ethyl adjacent to an activating group) is 1. The van der Waals surface area contributed by atoms with E-state index in [0.717, 1.165) is 24.1 Å². The van der Waals surface area contributed by atoms with Crippen LogP contribution in [0, 0.1) is 6.07 Å². The highest BCUT2D eigenvalue weighted by Gasteiger charge is 2.28. The molecule has 0 saturated carbocycles. The molecular weight excluding hydrogens is 176 g/mol. The number of nitrogens with zero attached hydrogens (tertiary/aromatic N) is 1. The van der Waals surface area contributed by atoms with Gasteiger partial charge in [0.1, 0.15) is 6.04 Å². The molecule has 1 aromatic rings. The first-order valence-corrected chi connectivity index (χ1v) is 4.69. The van der Waals surface area contributed by atoms with Gasteiger partial charge in [0.05, 0.1) is 0 Å². The molecule has 0 fully saturated rings. The van der Waals surface area contributed by atoms with Crippen LogP contribution in [-0.2, 0) is 11.2 Å². The molecule has 1 radical (unpaired) electrons. The molecule has 2 rings (SSSR count). The molecule has 3 heteroatoms. The lowest BCUT2D eigenvalue weighted by Crippen LogP contribution is -2.40. The third kappa shape index (κ3) is 1.40. The van der Waals surface area contributed by atoms with Crippen LogP contribution in [0.2, 0.25) is 0 Å². The fourth-order valence-corrected chi connectivity index (χ4v) is 1.98. The van der Waals surface area contributed by atoms with Gasteiger partial charge >= 0.3 is 0 Å². The largest absolute Gasteiger partial charge is 0.368 e. The van der Waals surface area contributed by atoms with Gasteiger partial charge in [0.15, 0.2) is 0 Å². The molecule has 73 valence electrons. The standard InChI is InChI=1S/C11H13N2O/c1-13-7-6-8-4-2-3-5-9(8)10(13)11(12)14/h2-3,5,10H,6-7H2,1H3,(H2,12,14). The molecule has 0 aromatic heterocycles. The molecule has 3 nitrogen and oxygen atoms in total. The Labute approximate surface area is 83.5 Å². The smallest absolute Gasteiger partial charge is 0.239 e. The summed E-state index contributed by atoms with van der Waals surface area (Å²) < 4.78 is 0. The van der Waals surface area contributed by atoms with Gasteiger partial charge in [-0.15, -0.1) is 0 Å². The minimum Gasteiger partial charge on any atom is -0.368 e. The van der Waals surface area contributed by atoms with E-state index in [1.807, 2.05) is 30.1 Å². The summed E-state index contributed by atoms with van der Waals surface area (Å²) in [6, 6.07) is 8.61. The molecule has 0 spiro atoms. The summed E-state index contributed by atoms with van der Waals surface area (Å²) in [7, 11) is 1.92. The van der Waals surface area contributed by atoms with Crippen molar-refractivity contribution >= 4 is 5.91 Å². The van der Waals surface area contributed by atoms with Crippen LogP contribution in [0.3, 0.4) is 0 Å². The maximum atomic E-state index is 11.3. The van der Waals surface area contributed by atoms with E-state index < -0.39 is 0 Å². The van der Waals surface area contributed by atoms with Crippen molar-refractivity contribution in [2.24, 2.45) is 5.73 Å². The molecule has 0 aliphatic carbocycles. The number of hydrogen-bond acceptors (Lipinski definition) is 2. The van der Waals surface area contributed by atoms with Gasteiger partial charge in [0.2, 0.25) is 5.91 Å². The first kappa shape index (κ1) is 9.21. The van der Waals surface area contributed by atoms with Crippen LogP contribution in [0.4, 0.5) is 0 Å². The zero-order valence-corrected chi connectivity index (χ0v) is 8.16. The predicted octanol–water partition coefficient (Wildman–Crippen LogP) is 0.501. The fourth-order valence-electron chi connectivity index (χ4n) is 1.98. The first-order chi connectivity index (χ1) is 6.70. The van der Waals surface area contributed by atoms with Crippen LogP contribution < -0.4 is 5.73 Å². The molecule has 1 aromatic carbocycles. The second-order valence-electron chi connectivity index (χ2n) is 3.64. The molecule has 1 unspecified atom stereocenters. The number of amides is 1. The van der Waals surface area contributed by atoms with Crippen molar-refractivity contribution in [2.45, 2.75) is 12.5 Å². The predicted molar refractivity (Wildman–Crippen MR) is 53.5 cm³/mol. The number of carbonyl (C=O) groups excluding carboxylic acids is 1. The molecular formula is C11H13N2O. The van der Waals surface area contributed by atoms with Crippen LogP contribution in [0.5, 0.6) is 0 Å². The summed E-state index contributed by atoms with van der Waals surface area (Å²) in [5, 5.41) is 0. The third-order valence-electron chi connectivity index (χ3n) is 2.70. The van der Waals surface area contributed by atoms with E-state index in [4.69, 9.17) is 5.73 Å². The van der Waals surface area contributed by atoms with Crippen LogP contribution in [0.15, 0.2) is 18.2 Å². The summed E-state index contributed by atoms with van der Waals surface area (Å²) in [6.07, 6.45) is 0.941. The van der Waals surface area contributed by atoms with Gasteiger partial charge in [-0.1, -0.05) is 18.2 Å². The summed E-state index contributed by atoms with van der Waals surface area (Å²) in [5.74, 6) is -0.284. The van der Waals surface area contributed by atoms with Crippen molar-refractivity contribution < 1.29 is 4.79 Å². The SMILES string of the molecule is CN1CCc2[c]cccc2C1C(N)=O. The molecule has 2 N–H and O–H groups in total. The third-order valence-corrected chi connectivity index (χ3v) is 2.70. The maximum absolute atomic E-state index is 11.3. The van der Waals surface area contributed by atoms with Crippen LogP contribution in [-0.4, -0.2) is 24.4 Å². The maximum Gasteiger partial charge on any atom is 0.239 e. The average molecular weight is 189 g/mol. The minimum absolute atomic E-state index is 0.281. The fraction of sp³-hybridized carbons (Fsp3) is 0.364. The number of primary amides is 1. The summed E-state index contributed by atoms with van der Waals surface area (Å²) in [5.41, 5.74) is 7.51. The lowest BCUT2D eigenvalue weighted by atomic mass is 9.93. The topological polar surface area (TPSA) is 46.3 Å². The van der Waals surface area contributed by atoms with E-state index in [1.165, 1.54) is 0 Å². The van der Waals surface area contributed by atoms with Crippen molar-refractivity contribution in [3.05, 3.63) is 35.4 Å². The van der Waals surface area contributed by atoms with E-state index in [9.17, 15) is 4.79 Å². The van der Waals surface area contributed by atoms with Gasteiger partial charge in [-0.05, 0) is 30.7 Å². The number of fused-ring (bicyclic) bond motifs is 1. The quantitative estimate of drug-likeness (QED) is 0.699. The monoisotopic (exact) mass is 189 g/mol. The summed E-state index contributed by atoms with van der Waals surface area (Å²) in [6.45, 7) is 0.862. The summed E-state index contributed by atoms with van der Waals surface area (Å²) in [4.78, 5) is 13.3. The highest BCUT2D eigenvalue weighted by atomic mass is 16.1. The Balaban J connectivity index is 2.46. The average Bonchev–Trinajstić information content (AvgIpc) is 2.17. The van der Waals surface area contributed by atoms with Crippen molar-refractivity contribution in [1.29, 1.82) is 0 Å². The van der Waals surface area contributed by atoms with Gasteiger partial charge in [0.25, 0.3) is 0 Å². The van der Waals surface area contributed by atoms with E-state index in [-0.39, 0.29) is 11.9 Å². The second kappa shape index (κ2) is 3.42. The number of carbonyl (C=O) groups is 1. The Kier molecular flexibility index (Phi) is 2.25. The second-order valence-corrected chi connectivity index (χ2v) is 3.64. The minimum atomic E-state index is -0.284. The van der Waals surface area contributed by atoms with E-state index >= 15 is 0 Å². The van der Waals surface area contributed by atoms with E-state index in [0.29, 0.717) is 0 Å². The van der Waals surface area contributed by atoms with Crippen LogP contribution in [0.25, 0.3) is 0 Å². The lowest BCUT2D eigenvalue weighted by molar-refractivity contribution is -0.123. The van der Waals surface area contributed by atoms with Gasteiger partial charge in [-0.2, -0.15) is 0 Å². The molecule has 0 saturated heterocycles. The first-order valence-electron chi connectivity index (χ1n) is 4.69. The molecule has 14 heavy (non-hydrogen) atoms. The van der Waals surface area contributed by atoms with Gasteiger partial charge < -0.3 is 5.73 Å². The Bertz CT molecular complexity index is 362. The highest BCUT2D eigenvalue weighted by Crippen LogP contribution is 2.27. The summed E-state index contributed by atoms with van der Waals surface area (Å²) >= 11 is 0. The van der Waals surface area contributed by atoms with Crippen molar-refractivity contribution in [3.63, 3.8) is 0 Å². The van der Waals surface area contributed by atoms with Gasteiger partial charge in [-0.3, -0.25) is 9.69 Å². The number of rotatable bonds is 1. The molecule has 1 heterocycles. The Morgan fingerprint density at radius 1 is 1.71 bits per heavy atom. The molecule has 1 amide bonds. The molecule has 1 atom stereocenters. The van der Waals surface area contributed by atoms with E-state index in [1.54, 1.807) is 0 Å². The zero-order chi connectivity index (χ0) is 10.1. The number of benzene rings is 1. The highest BCUT2D eigenvalue weighted by molar-refractivity contribution is 5.82. The normalized spacial score (nSPS) is 21.6. The Morgan fingerprint density at radius 2 is 2.50 bits per heavy atom. The molecule has 1 aliphatic heterocycles. The van der Waals surface area contributed by atoms with Crippen molar-refractivity contribution in [2.75, 3.05) is 13.6 Å². The van der Waals surface area contributed by atoms with Crippen molar-refractivity contribution in [3.8, 4) is 0 Å². The van der Waals surface area contributed by atoms with E-state index in [2.05, 4.69) is 6.07 Å². The lowest BCUT2D eigenvalue weighted by Gasteiger charge is -2.32. The number of hydrogen-bond donors (Lipinski definition) is 1. The van der Waals surface area contributed by atoms with Gasteiger partial charge in [0, 0.05) is 6.54 Å². The van der Waals surface area contributed by atoms with Crippen molar-refractivity contribution in [1.82, 2.24) is 4.90 Å².